The van der Waals surface area contributed by atoms with E-state index >= 15 is 0 Å². The summed E-state index contributed by atoms with van der Waals surface area (Å²) in [5.74, 6) is -1.75. The van der Waals surface area contributed by atoms with E-state index in [1.54, 1.807) is 0 Å². The number of aromatic hydroxyl groups is 2. The number of benzene rings is 1. The molecule has 2 rings (SSSR count). The molecular formula is C15H20N2O5. The van der Waals surface area contributed by atoms with Crippen LogP contribution in [-0.2, 0) is 0 Å². The quantitative estimate of drug-likeness (QED) is 0.383. The average molecular weight is 308 g/mol. The van der Waals surface area contributed by atoms with Crippen LogP contribution in [-0.4, -0.2) is 45.5 Å². The lowest BCUT2D eigenvalue weighted by atomic mass is 10.1. The minimum Gasteiger partial charge on any atom is -0.504 e. The smallest absolute Gasteiger partial charge is 0.315 e. The normalized spacial score (nSPS) is 16.7. The van der Waals surface area contributed by atoms with Crippen LogP contribution < -0.4 is 0 Å². The number of ketones is 1. The SMILES string of the molecule is O=C(CN1CCCCCCC1)c1cc(O)c(O)c([N+](=O)[O-])c1. The maximum absolute atomic E-state index is 12.3. The summed E-state index contributed by atoms with van der Waals surface area (Å²) in [6.45, 7) is 1.83. The Bertz CT molecular complexity index is 565. The van der Waals surface area contributed by atoms with E-state index in [0.717, 1.165) is 50.9 Å². The topological polar surface area (TPSA) is 104 Å². The summed E-state index contributed by atoms with van der Waals surface area (Å²) in [6, 6.07) is 2.09. The first-order valence-electron chi connectivity index (χ1n) is 7.45. The Hall–Kier alpha value is -2.15. The highest BCUT2D eigenvalue weighted by Crippen LogP contribution is 2.36. The van der Waals surface area contributed by atoms with E-state index in [-0.39, 0.29) is 17.9 Å². The molecule has 1 heterocycles. The molecule has 0 spiro atoms. The summed E-state index contributed by atoms with van der Waals surface area (Å²) in [6.07, 6.45) is 5.59. The molecule has 0 radical (unpaired) electrons. The fourth-order valence-electron chi connectivity index (χ4n) is 2.67. The lowest BCUT2D eigenvalue weighted by molar-refractivity contribution is -0.386. The second-order valence-corrected chi connectivity index (χ2v) is 5.59. The fraction of sp³-hybridized carbons (Fsp3) is 0.533. The molecule has 1 aliphatic rings. The van der Waals surface area contributed by atoms with E-state index < -0.39 is 22.1 Å². The van der Waals surface area contributed by atoms with Gasteiger partial charge in [-0.2, -0.15) is 0 Å². The largest absolute Gasteiger partial charge is 0.504 e. The molecule has 0 aromatic heterocycles. The molecule has 1 fully saturated rings. The molecule has 0 unspecified atom stereocenters. The minimum atomic E-state index is -0.818. The van der Waals surface area contributed by atoms with E-state index in [2.05, 4.69) is 0 Å². The zero-order valence-corrected chi connectivity index (χ0v) is 12.3. The molecule has 1 aliphatic heterocycles. The number of carbonyl (C=O) groups is 1. The lowest BCUT2D eigenvalue weighted by Gasteiger charge is -2.23. The number of nitro groups is 1. The second kappa shape index (κ2) is 7.22. The van der Waals surface area contributed by atoms with Gasteiger partial charge in [-0.3, -0.25) is 19.8 Å². The molecular weight excluding hydrogens is 288 g/mol. The van der Waals surface area contributed by atoms with Gasteiger partial charge in [0.05, 0.1) is 11.5 Å². The van der Waals surface area contributed by atoms with Crippen molar-refractivity contribution in [3.05, 3.63) is 27.8 Å². The number of Topliss-reactive ketones (excluding diaryl/α,β-unsaturated/α-hetero) is 1. The highest BCUT2D eigenvalue weighted by atomic mass is 16.6. The predicted molar refractivity (Wildman–Crippen MR) is 80.3 cm³/mol. The number of rotatable bonds is 4. The third-order valence-electron chi connectivity index (χ3n) is 3.90. The Kier molecular flexibility index (Phi) is 5.32. The van der Waals surface area contributed by atoms with Crippen molar-refractivity contribution in [2.45, 2.75) is 32.1 Å². The summed E-state index contributed by atoms with van der Waals surface area (Å²) < 4.78 is 0. The Balaban J connectivity index is 2.13. The van der Waals surface area contributed by atoms with Crippen LogP contribution in [0.15, 0.2) is 12.1 Å². The summed E-state index contributed by atoms with van der Waals surface area (Å²) in [5, 5.41) is 29.8. The molecule has 1 aromatic carbocycles. The third-order valence-corrected chi connectivity index (χ3v) is 3.90. The second-order valence-electron chi connectivity index (χ2n) is 5.59. The van der Waals surface area contributed by atoms with Gasteiger partial charge < -0.3 is 10.2 Å². The van der Waals surface area contributed by atoms with Gasteiger partial charge in [0, 0.05) is 11.6 Å². The first kappa shape index (κ1) is 16.2. The minimum absolute atomic E-state index is 0.0454. The van der Waals surface area contributed by atoms with Crippen LogP contribution in [0.25, 0.3) is 0 Å². The van der Waals surface area contributed by atoms with Crippen LogP contribution in [0, 0.1) is 10.1 Å². The Labute approximate surface area is 128 Å². The number of phenolic OH excluding ortho intramolecular Hbond substituents is 2. The van der Waals surface area contributed by atoms with Crippen molar-refractivity contribution in [3.63, 3.8) is 0 Å². The van der Waals surface area contributed by atoms with Gasteiger partial charge in [-0.05, 0) is 32.0 Å². The van der Waals surface area contributed by atoms with Crippen molar-refractivity contribution in [3.8, 4) is 11.5 Å². The van der Waals surface area contributed by atoms with E-state index in [4.69, 9.17) is 0 Å². The van der Waals surface area contributed by atoms with Gasteiger partial charge >= 0.3 is 5.69 Å². The highest BCUT2D eigenvalue weighted by Gasteiger charge is 2.22. The molecule has 7 heteroatoms. The van der Waals surface area contributed by atoms with Crippen molar-refractivity contribution in [1.29, 1.82) is 0 Å². The number of likely N-dealkylation sites (tertiary alicyclic amines) is 1. The van der Waals surface area contributed by atoms with E-state index in [1.165, 1.54) is 6.42 Å². The van der Waals surface area contributed by atoms with Crippen LogP contribution in [0.5, 0.6) is 11.5 Å². The summed E-state index contributed by atoms with van der Waals surface area (Å²) in [4.78, 5) is 24.3. The number of carbonyl (C=O) groups excluding carboxylic acids is 1. The Morgan fingerprint density at radius 1 is 1.14 bits per heavy atom. The third kappa shape index (κ3) is 3.94. The molecule has 0 atom stereocenters. The Morgan fingerprint density at radius 2 is 1.73 bits per heavy atom. The fourth-order valence-corrected chi connectivity index (χ4v) is 2.67. The lowest BCUT2D eigenvalue weighted by Crippen LogP contribution is -2.32. The first-order valence-corrected chi connectivity index (χ1v) is 7.45. The molecule has 0 bridgehead atoms. The van der Waals surface area contributed by atoms with Crippen molar-refractivity contribution >= 4 is 11.5 Å². The molecule has 0 aliphatic carbocycles. The van der Waals surface area contributed by atoms with Crippen molar-refractivity contribution in [1.82, 2.24) is 4.90 Å². The van der Waals surface area contributed by atoms with Crippen LogP contribution >= 0.6 is 0 Å². The number of hydrogen-bond acceptors (Lipinski definition) is 6. The van der Waals surface area contributed by atoms with E-state index in [0.29, 0.717) is 0 Å². The van der Waals surface area contributed by atoms with Crippen molar-refractivity contribution < 1.29 is 19.9 Å². The standard InChI is InChI=1S/C15H20N2O5/c18-13-9-11(8-12(15(13)20)17(21)22)14(19)10-16-6-4-2-1-3-5-7-16/h8-9,18,20H,1-7,10H2. The molecule has 0 amide bonds. The monoisotopic (exact) mass is 308 g/mol. The van der Waals surface area contributed by atoms with Crippen LogP contribution in [0.1, 0.15) is 42.5 Å². The number of nitro benzene ring substituents is 1. The number of phenols is 2. The van der Waals surface area contributed by atoms with Gasteiger partial charge in [-0.15, -0.1) is 0 Å². The number of nitrogens with zero attached hydrogens (tertiary/aromatic N) is 2. The molecule has 22 heavy (non-hydrogen) atoms. The number of hydrogen-bond donors (Lipinski definition) is 2. The van der Waals surface area contributed by atoms with Crippen LogP contribution in [0.2, 0.25) is 0 Å². The molecule has 120 valence electrons. The van der Waals surface area contributed by atoms with Gasteiger partial charge in [0.1, 0.15) is 0 Å². The van der Waals surface area contributed by atoms with Crippen molar-refractivity contribution in [2.24, 2.45) is 0 Å². The van der Waals surface area contributed by atoms with Gasteiger partial charge in [0.2, 0.25) is 5.75 Å². The molecule has 1 aromatic rings. The molecule has 0 saturated carbocycles. The van der Waals surface area contributed by atoms with Crippen LogP contribution in [0.4, 0.5) is 5.69 Å². The Morgan fingerprint density at radius 3 is 2.32 bits per heavy atom. The maximum atomic E-state index is 12.3. The highest BCUT2D eigenvalue weighted by molar-refractivity contribution is 5.99. The predicted octanol–water partition coefficient (Wildman–Crippen LogP) is 2.45. The summed E-state index contributed by atoms with van der Waals surface area (Å²) >= 11 is 0. The zero-order chi connectivity index (χ0) is 16.1. The van der Waals surface area contributed by atoms with E-state index in [1.807, 2.05) is 4.90 Å². The van der Waals surface area contributed by atoms with Gasteiger partial charge in [0.25, 0.3) is 0 Å². The zero-order valence-electron chi connectivity index (χ0n) is 12.3. The molecule has 7 nitrogen and oxygen atoms in total. The molecule has 2 N–H and O–H groups in total. The summed E-state index contributed by atoms with van der Waals surface area (Å²) in [5.41, 5.74) is -0.611. The van der Waals surface area contributed by atoms with E-state index in [9.17, 15) is 25.1 Å². The summed E-state index contributed by atoms with van der Waals surface area (Å²) in [7, 11) is 0. The van der Waals surface area contributed by atoms with Gasteiger partial charge in [-0.25, -0.2) is 0 Å². The molecule has 1 saturated heterocycles. The van der Waals surface area contributed by atoms with Crippen molar-refractivity contribution in [2.75, 3.05) is 19.6 Å². The van der Waals surface area contributed by atoms with Gasteiger partial charge in [-0.1, -0.05) is 19.3 Å². The van der Waals surface area contributed by atoms with Gasteiger partial charge in [0.15, 0.2) is 11.5 Å². The maximum Gasteiger partial charge on any atom is 0.315 e. The van der Waals surface area contributed by atoms with Crippen LogP contribution in [0.3, 0.4) is 0 Å². The average Bonchev–Trinajstić information content (AvgIpc) is 2.43. The first-order chi connectivity index (χ1) is 10.5.